The summed E-state index contributed by atoms with van der Waals surface area (Å²) in [5.74, 6) is -1.44. The van der Waals surface area contributed by atoms with Crippen molar-refractivity contribution in [2.24, 2.45) is 0 Å². The third-order valence-electron chi connectivity index (χ3n) is 3.57. The summed E-state index contributed by atoms with van der Waals surface area (Å²) in [6.07, 6.45) is -4.78. The molecular weight excluding hydrogens is 413 g/mol. The van der Waals surface area contributed by atoms with Crippen LogP contribution in [-0.4, -0.2) is 31.6 Å². The fraction of sp³-hybridized carbons (Fsp3) is 0.188. The van der Waals surface area contributed by atoms with Crippen molar-refractivity contribution in [3.05, 3.63) is 51.8 Å². The van der Waals surface area contributed by atoms with Crippen LogP contribution >= 0.6 is 11.3 Å². The van der Waals surface area contributed by atoms with Gasteiger partial charge in [0, 0.05) is 12.6 Å². The first-order valence-electron chi connectivity index (χ1n) is 8.00. The Balaban J connectivity index is 1.80. The Bertz CT molecular complexity index is 1100. The molecule has 2 N–H and O–H groups in total. The lowest BCUT2D eigenvalue weighted by Gasteiger charge is -2.15. The fourth-order valence-corrected chi connectivity index (χ4v) is 3.06. The van der Waals surface area contributed by atoms with Crippen LogP contribution in [0.2, 0.25) is 0 Å². The molecule has 2 heterocycles. The van der Waals surface area contributed by atoms with E-state index in [4.69, 9.17) is 0 Å². The van der Waals surface area contributed by atoms with Crippen molar-refractivity contribution in [1.82, 2.24) is 19.8 Å². The molecule has 0 spiro atoms. The monoisotopic (exact) mass is 426 g/mol. The van der Waals surface area contributed by atoms with E-state index in [1.165, 1.54) is 17.4 Å². The van der Waals surface area contributed by atoms with Gasteiger partial charge in [0.15, 0.2) is 0 Å². The summed E-state index contributed by atoms with van der Waals surface area (Å²) in [5.41, 5.74) is -2.44. The van der Waals surface area contributed by atoms with Gasteiger partial charge in [-0.3, -0.25) is 9.59 Å². The summed E-state index contributed by atoms with van der Waals surface area (Å²) in [4.78, 5) is 35.5. The molecule has 0 aliphatic rings. The maximum atomic E-state index is 13.3. The highest BCUT2D eigenvalue weighted by Crippen LogP contribution is 2.36. The molecule has 0 aliphatic carbocycles. The Morgan fingerprint density at radius 1 is 1.17 bits per heavy atom. The summed E-state index contributed by atoms with van der Waals surface area (Å²) in [7, 11) is 0. The van der Waals surface area contributed by atoms with Crippen LogP contribution in [0.25, 0.3) is 5.00 Å². The lowest BCUT2D eigenvalue weighted by molar-refractivity contribution is -0.137. The summed E-state index contributed by atoms with van der Waals surface area (Å²) in [5, 5.41) is 13.8. The van der Waals surface area contributed by atoms with Crippen molar-refractivity contribution in [3.8, 4) is 5.00 Å². The molecule has 2 aromatic heterocycles. The molecule has 152 valence electrons. The van der Waals surface area contributed by atoms with Gasteiger partial charge in [0.05, 0.1) is 11.3 Å². The second kappa shape index (κ2) is 7.87. The number of aromatic nitrogens is 4. The third-order valence-corrected chi connectivity index (χ3v) is 4.41. The lowest BCUT2D eigenvalue weighted by Crippen LogP contribution is -2.30. The van der Waals surface area contributed by atoms with Crippen molar-refractivity contribution >= 4 is 34.5 Å². The second-order valence-electron chi connectivity index (χ2n) is 5.77. The molecule has 0 saturated heterocycles. The molecule has 0 fully saturated rings. The van der Waals surface area contributed by atoms with E-state index in [9.17, 15) is 27.6 Å². The van der Waals surface area contributed by atoms with Gasteiger partial charge in [-0.25, -0.2) is 4.79 Å². The van der Waals surface area contributed by atoms with Gasteiger partial charge in [-0.1, -0.05) is 0 Å². The van der Waals surface area contributed by atoms with E-state index in [1.54, 1.807) is 17.5 Å². The predicted octanol–water partition coefficient (Wildman–Crippen LogP) is 2.11. The van der Waals surface area contributed by atoms with Crippen LogP contribution in [0.5, 0.6) is 0 Å². The van der Waals surface area contributed by atoms with E-state index < -0.39 is 41.5 Å². The molecule has 0 saturated carbocycles. The standard InChI is InChI=1S/C16H13F3N6O3S/c1-9(26)20-10-4-5-12(11(7-10)16(17,18)19)21-13(27)8-24-15(28)25(23-22-24)14-3-2-6-29-14/h2-7H,8H2,1H3,(H,20,26)(H,21,27). The number of carbonyl (C=O) groups is 2. The smallest absolute Gasteiger partial charge is 0.326 e. The van der Waals surface area contributed by atoms with E-state index in [0.29, 0.717) is 11.1 Å². The van der Waals surface area contributed by atoms with Gasteiger partial charge in [0.1, 0.15) is 11.5 Å². The van der Waals surface area contributed by atoms with Crippen LogP contribution in [0.15, 0.2) is 40.5 Å². The van der Waals surface area contributed by atoms with Gasteiger partial charge in [0.2, 0.25) is 11.8 Å². The largest absolute Gasteiger partial charge is 0.418 e. The zero-order chi connectivity index (χ0) is 21.2. The number of rotatable bonds is 5. The van der Waals surface area contributed by atoms with Crippen molar-refractivity contribution in [2.75, 3.05) is 10.6 Å². The van der Waals surface area contributed by atoms with E-state index >= 15 is 0 Å². The number of anilines is 2. The average Bonchev–Trinajstić information content (AvgIpc) is 3.25. The molecule has 3 aromatic rings. The van der Waals surface area contributed by atoms with Crippen molar-refractivity contribution in [2.45, 2.75) is 19.6 Å². The first-order chi connectivity index (χ1) is 13.6. The van der Waals surface area contributed by atoms with Crippen LogP contribution < -0.4 is 16.3 Å². The number of tetrazole rings is 1. The molecule has 0 aliphatic heterocycles. The first kappa shape index (κ1) is 20.3. The number of amides is 2. The second-order valence-corrected chi connectivity index (χ2v) is 6.70. The van der Waals surface area contributed by atoms with Crippen LogP contribution in [0.1, 0.15) is 12.5 Å². The maximum absolute atomic E-state index is 13.3. The van der Waals surface area contributed by atoms with Gasteiger partial charge in [-0.15, -0.1) is 11.3 Å². The van der Waals surface area contributed by atoms with Gasteiger partial charge < -0.3 is 10.6 Å². The van der Waals surface area contributed by atoms with Crippen LogP contribution in [0, 0.1) is 0 Å². The lowest BCUT2D eigenvalue weighted by atomic mass is 10.1. The Kier molecular flexibility index (Phi) is 5.50. The molecule has 3 rings (SSSR count). The first-order valence-corrected chi connectivity index (χ1v) is 8.88. The Hall–Kier alpha value is -3.48. The molecule has 1 aromatic carbocycles. The number of carbonyl (C=O) groups excluding carboxylic acids is 2. The fourth-order valence-electron chi connectivity index (χ4n) is 2.40. The number of nitrogens with one attached hydrogen (secondary N) is 2. The highest BCUT2D eigenvalue weighted by molar-refractivity contribution is 7.12. The van der Waals surface area contributed by atoms with E-state index in [2.05, 4.69) is 21.1 Å². The predicted molar refractivity (Wildman–Crippen MR) is 97.9 cm³/mol. The quantitative estimate of drug-likeness (QED) is 0.649. The van der Waals surface area contributed by atoms with Crippen molar-refractivity contribution in [3.63, 3.8) is 0 Å². The molecule has 0 radical (unpaired) electrons. The number of alkyl halides is 3. The highest BCUT2D eigenvalue weighted by Gasteiger charge is 2.34. The van der Waals surface area contributed by atoms with E-state index in [0.717, 1.165) is 22.4 Å². The van der Waals surface area contributed by atoms with Crippen molar-refractivity contribution < 1.29 is 22.8 Å². The normalized spacial score (nSPS) is 11.3. The molecule has 13 heteroatoms. The topological polar surface area (TPSA) is 111 Å². The molecule has 9 nitrogen and oxygen atoms in total. The van der Waals surface area contributed by atoms with Gasteiger partial charge in [-0.05, 0) is 46.1 Å². The molecule has 0 bridgehead atoms. The molecule has 29 heavy (non-hydrogen) atoms. The third kappa shape index (κ3) is 4.68. The van der Waals surface area contributed by atoms with Gasteiger partial charge in [0.25, 0.3) is 0 Å². The Morgan fingerprint density at radius 3 is 2.55 bits per heavy atom. The minimum atomic E-state index is -4.78. The average molecular weight is 426 g/mol. The number of nitrogens with zero attached hydrogens (tertiary/aromatic N) is 4. The van der Waals surface area contributed by atoms with Gasteiger partial charge in [-0.2, -0.15) is 22.5 Å². The number of hydrogen-bond acceptors (Lipinski definition) is 6. The van der Waals surface area contributed by atoms with Gasteiger partial charge >= 0.3 is 11.9 Å². The summed E-state index contributed by atoms with van der Waals surface area (Å²) in [6, 6.07) is 6.25. The Morgan fingerprint density at radius 2 is 1.93 bits per heavy atom. The molecule has 0 unspecified atom stereocenters. The number of benzene rings is 1. The number of halogens is 3. The van der Waals surface area contributed by atoms with E-state index in [-0.39, 0.29) is 5.69 Å². The number of thiophene rings is 1. The summed E-state index contributed by atoms with van der Waals surface area (Å²) >= 11 is 1.23. The van der Waals surface area contributed by atoms with Crippen LogP contribution in [0.3, 0.4) is 0 Å². The summed E-state index contributed by atoms with van der Waals surface area (Å²) in [6.45, 7) is 0.527. The van der Waals surface area contributed by atoms with Crippen molar-refractivity contribution in [1.29, 1.82) is 0 Å². The SMILES string of the molecule is CC(=O)Nc1ccc(NC(=O)Cn2nnn(-c3cccs3)c2=O)c(C(F)(F)F)c1. The molecule has 2 amide bonds. The molecular formula is C16H13F3N6O3S. The zero-order valence-electron chi connectivity index (χ0n) is 14.7. The highest BCUT2D eigenvalue weighted by atomic mass is 32.1. The molecule has 0 atom stereocenters. The zero-order valence-corrected chi connectivity index (χ0v) is 15.5. The minimum absolute atomic E-state index is 0.0714. The van der Waals surface area contributed by atoms with E-state index in [1.807, 2.05) is 0 Å². The maximum Gasteiger partial charge on any atom is 0.418 e. The Labute approximate surface area is 164 Å². The number of hydrogen-bond donors (Lipinski definition) is 2. The minimum Gasteiger partial charge on any atom is -0.326 e. The van der Waals surface area contributed by atoms with Crippen LogP contribution in [-0.2, 0) is 22.3 Å². The van der Waals surface area contributed by atoms with Crippen LogP contribution in [0.4, 0.5) is 24.5 Å². The summed E-state index contributed by atoms with van der Waals surface area (Å²) < 4.78 is 41.7.